The van der Waals surface area contributed by atoms with E-state index in [9.17, 15) is 0 Å². The minimum atomic E-state index is 0.548. The predicted octanol–water partition coefficient (Wildman–Crippen LogP) is 2.95. The normalized spacial score (nSPS) is 15.0. The van der Waals surface area contributed by atoms with Crippen LogP contribution in [0.5, 0.6) is 17.2 Å². The zero-order valence-corrected chi connectivity index (χ0v) is 16.3. The van der Waals surface area contributed by atoms with Gasteiger partial charge in [-0.1, -0.05) is 0 Å². The Morgan fingerprint density at radius 2 is 1.75 bits per heavy atom. The van der Waals surface area contributed by atoms with Crippen LogP contribution in [-0.2, 0) is 11.3 Å². The molecule has 1 aliphatic heterocycles. The fraction of sp³-hybridized carbons (Fsp3) is 0.450. The Hall–Kier alpha value is -2.87. The van der Waals surface area contributed by atoms with Crippen molar-refractivity contribution in [2.75, 3.05) is 34.5 Å². The molecule has 0 N–H and O–H groups in total. The maximum atomic E-state index is 5.46. The van der Waals surface area contributed by atoms with Gasteiger partial charge in [-0.25, -0.2) is 15.0 Å². The Kier molecular flexibility index (Phi) is 5.29. The molecule has 1 aliphatic rings. The van der Waals surface area contributed by atoms with E-state index in [1.807, 2.05) is 18.5 Å². The average molecular weight is 384 g/mol. The zero-order valence-electron chi connectivity index (χ0n) is 16.3. The molecule has 1 fully saturated rings. The highest BCUT2D eigenvalue weighted by molar-refractivity contribution is 5.73. The summed E-state index contributed by atoms with van der Waals surface area (Å²) in [6.07, 6.45) is 5.65. The van der Waals surface area contributed by atoms with Crippen molar-refractivity contribution in [3.63, 3.8) is 0 Å². The standard InChI is InChI=1S/C20H24N4O4/c1-25-16-8-14(9-17(26-2)18(16)27-3)15-10-21-19-20(23-15)24(12-22-19)11-13-4-6-28-7-5-13/h8-10,12-13H,4-7,11H2,1-3H3. The summed E-state index contributed by atoms with van der Waals surface area (Å²) in [7, 11) is 4.78. The van der Waals surface area contributed by atoms with Crippen LogP contribution >= 0.6 is 0 Å². The fourth-order valence-electron chi connectivity index (χ4n) is 3.54. The number of imidazole rings is 1. The summed E-state index contributed by atoms with van der Waals surface area (Å²) in [4.78, 5) is 13.7. The third-order valence-corrected chi connectivity index (χ3v) is 5.08. The monoisotopic (exact) mass is 384 g/mol. The molecular formula is C20H24N4O4. The van der Waals surface area contributed by atoms with Crippen molar-refractivity contribution in [1.82, 2.24) is 19.5 Å². The molecule has 2 aromatic heterocycles. The number of nitrogens with zero attached hydrogens (tertiary/aromatic N) is 4. The van der Waals surface area contributed by atoms with Gasteiger partial charge in [0.1, 0.15) is 0 Å². The van der Waals surface area contributed by atoms with Crippen LogP contribution in [0.25, 0.3) is 22.6 Å². The Morgan fingerprint density at radius 3 is 2.39 bits per heavy atom. The lowest BCUT2D eigenvalue weighted by Crippen LogP contribution is -2.20. The van der Waals surface area contributed by atoms with Crippen LogP contribution in [0, 0.1) is 5.92 Å². The van der Waals surface area contributed by atoms with E-state index in [0.717, 1.165) is 49.5 Å². The topological polar surface area (TPSA) is 80.5 Å². The number of ether oxygens (including phenoxy) is 4. The summed E-state index contributed by atoms with van der Waals surface area (Å²) in [5.41, 5.74) is 2.98. The minimum Gasteiger partial charge on any atom is -0.493 e. The SMILES string of the molecule is COc1cc(-c2cnc3ncn(CC4CCOCC4)c3n2)cc(OC)c1OC. The first-order chi connectivity index (χ1) is 13.7. The zero-order chi connectivity index (χ0) is 19.5. The molecule has 0 saturated carbocycles. The maximum absolute atomic E-state index is 5.46. The van der Waals surface area contributed by atoms with Crippen molar-refractivity contribution < 1.29 is 18.9 Å². The van der Waals surface area contributed by atoms with Crippen molar-refractivity contribution >= 4 is 11.3 Å². The van der Waals surface area contributed by atoms with Crippen LogP contribution in [0.15, 0.2) is 24.7 Å². The van der Waals surface area contributed by atoms with Gasteiger partial charge in [0.15, 0.2) is 22.8 Å². The molecule has 0 amide bonds. The number of fused-ring (bicyclic) bond motifs is 1. The molecule has 0 unspecified atom stereocenters. The first-order valence-corrected chi connectivity index (χ1v) is 9.29. The van der Waals surface area contributed by atoms with Crippen molar-refractivity contribution in [2.45, 2.75) is 19.4 Å². The van der Waals surface area contributed by atoms with Crippen LogP contribution < -0.4 is 14.2 Å². The molecule has 3 heterocycles. The van der Waals surface area contributed by atoms with Crippen LogP contribution in [0.1, 0.15) is 12.8 Å². The van der Waals surface area contributed by atoms with Crippen molar-refractivity contribution in [3.05, 3.63) is 24.7 Å². The lowest BCUT2D eigenvalue weighted by Gasteiger charge is -2.22. The van der Waals surface area contributed by atoms with Gasteiger partial charge in [-0.3, -0.25) is 0 Å². The van der Waals surface area contributed by atoms with Crippen molar-refractivity contribution in [2.24, 2.45) is 5.92 Å². The van der Waals surface area contributed by atoms with Gasteiger partial charge in [0.25, 0.3) is 0 Å². The van der Waals surface area contributed by atoms with E-state index in [4.69, 9.17) is 23.9 Å². The Morgan fingerprint density at radius 1 is 1.04 bits per heavy atom. The molecule has 8 nitrogen and oxygen atoms in total. The predicted molar refractivity (Wildman–Crippen MR) is 104 cm³/mol. The number of hydrogen-bond acceptors (Lipinski definition) is 7. The fourth-order valence-corrected chi connectivity index (χ4v) is 3.54. The molecule has 8 heteroatoms. The largest absolute Gasteiger partial charge is 0.493 e. The first-order valence-electron chi connectivity index (χ1n) is 9.29. The Balaban J connectivity index is 1.72. The molecule has 1 aromatic carbocycles. The van der Waals surface area contributed by atoms with Gasteiger partial charge in [0.2, 0.25) is 5.75 Å². The van der Waals surface area contributed by atoms with E-state index >= 15 is 0 Å². The van der Waals surface area contributed by atoms with E-state index in [1.165, 1.54) is 0 Å². The van der Waals surface area contributed by atoms with Gasteiger partial charge in [0.05, 0.1) is 39.5 Å². The number of aromatic nitrogens is 4. The Bertz CT molecular complexity index is 941. The molecule has 4 rings (SSSR count). The van der Waals surface area contributed by atoms with Crippen LogP contribution in [0.3, 0.4) is 0 Å². The highest BCUT2D eigenvalue weighted by atomic mass is 16.5. The van der Waals surface area contributed by atoms with Crippen LogP contribution in [-0.4, -0.2) is 54.1 Å². The van der Waals surface area contributed by atoms with Gasteiger partial charge >= 0.3 is 0 Å². The molecule has 3 aromatic rings. The summed E-state index contributed by atoms with van der Waals surface area (Å²) >= 11 is 0. The molecule has 0 atom stereocenters. The summed E-state index contributed by atoms with van der Waals surface area (Å²) in [5.74, 6) is 2.27. The molecule has 148 valence electrons. The lowest BCUT2D eigenvalue weighted by molar-refractivity contribution is 0.0615. The molecular weight excluding hydrogens is 360 g/mol. The quantitative estimate of drug-likeness (QED) is 0.646. The molecule has 0 spiro atoms. The summed E-state index contributed by atoms with van der Waals surface area (Å²) in [5, 5.41) is 0. The minimum absolute atomic E-state index is 0.548. The van der Waals surface area contributed by atoms with E-state index in [0.29, 0.717) is 28.8 Å². The third-order valence-electron chi connectivity index (χ3n) is 5.08. The number of hydrogen-bond donors (Lipinski definition) is 0. The Labute approximate surface area is 163 Å². The molecule has 0 bridgehead atoms. The average Bonchev–Trinajstić information content (AvgIpc) is 3.15. The number of benzene rings is 1. The highest BCUT2D eigenvalue weighted by Gasteiger charge is 2.18. The lowest BCUT2D eigenvalue weighted by atomic mass is 10.0. The van der Waals surface area contributed by atoms with Gasteiger partial charge in [-0.05, 0) is 30.9 Å². The highest BCUT2D eigenvalue weighted by Crippen LogP contribution is 2.40. The second-order valence-electron chi connectivity index (χ2n) is 6.77. The molecule has 28 heavy (non-hydrogen) atoms. The molecule has 1 saturated heterocycles. The van der Waals surface area contributed by atoms with Gasteiger partial charge in [-0.2, -0.15) is 0 Å². The number of methoxy groups -OCH3 is 3. The first kappa shape index (κ1) is 18.5. The van der Waals surface area contributed by atoms with Crippen molar-refractivity contribution in [1.29, 1.82) is 0 Å². The third kappa shape index (κ3) is 3.47. The van der Waals surface area contributed by atoms with Crippen LogP contribution in [0.2, 0.25) is 0 Å². The van der Waals surface area contributed by atoms with Gasteiger partial charge < -0.3 is 23.5 Å². The summed E-state index contributed by atoms with van der Waals surface area (Å²) < 4.78 is 23.9. The van der Waals surface area contributed by atoms with Gasteiger partial charge in [-0.15, -0.1) is 0 Å². The second-order valence-corrected chi connectivity index (χ2v) is 6.77. The van der Waals surface area contributed by atoms with E-state index in [2.05, 4.69) is 14.5 Å². The molecule has 0 aliphatic carbocycles. The van der Waals surface area contributed by atoms with Crippen LogP contribution in [0.4, 0.5) is 0 Å². The smallest absolute Gasteiger partial charge is 0.203 e. The van der Waals surface area contributed by atoms with Gasteiger partial charge in [0, 0.05) is 25.3 Å². The summed E-state index contributed by atoms with van der Waals surface area (Å²) in [6, 6.07) is 3.74. The summed E-state index contributed by atoms with van der Waals surface area (Å²) in [6.45, 7) is 2.51. The van der Waals surface area contributed by atoms with E-state index < -0.39 is 0 Å². The second kappa shape index (κ2) is 8.02. The van der Waals surface area contributed by atoms with E-state index in [-0.39, 0.29) is 0 Å². The number of rotatable bonds is 6. The molecule has 0 radical (unpaired) electrons. The van der Waals surface area contributed by atoms with E-state index in [1.54, 1.807) is 27.5 Å². The maximum Gasteiger partial charge on any atom is 0.203 e. The van der Waals surface area contributed by atoms with Crippen molar-refractivity contribution in [3.8, 4) is 28.5 Å².